The first-order valence-electron chi connectivity index (χ1n) is 6.02. The first kappa shape index (κ1) is 14.0. The number of nitrogens with two attached hydrogens (primary N) is 1. The Morgan fingerprint density at radius 1 is 1.35 bits per heavy atom. The van der Waals surface area contributed by atoms with Gasteiger partial charge in [-0.3, -0.25) is 0 Å². The molecule has 0 saturated carbocycles. The van der Waals surface area contributed by atoms with Gasteiger partial charge in [0, 0.05) is 12.6 Å². The fraction of sp³-hybridized carbons (Fsp3) is 0.571. The minimum absolute atomic E-state index is 0.0328. The van der Waals surface area contributed by atoms with Gasteiger partial charge in [0.05, 0.1) is 12.7 Å². The molecule has 0 aliphatic rings. The fourth-order valence-corrected chi connectivity index (χ4v) is 1.78. The van der Waals surface area contributed by atoms with Gasteiger partial charge in [-0.25, -0.2) is 0 Å². The summed E-state index contributed by atoms with van der Waals surface area (Å²) in [6.07, 6.45) is 0.782. The summed E-state index contributed by atoms with van der Waals surface area (Å²) < 4.78 is 10.9. The van der Waals surface area contributed by atoms with E-state index >= 15 is 0 Å². The van der Waals surface area contributed by atoms with E-state index in [0.29, 0.717) is 6.61 Å². The Bertz CT molecular complexity index is 350. The van der Waals surface area contributed by atoms with E-state index in [1.807, 2.05) is 39.0 Å². The van der Waals surface area contributed by atoms with Gasteiger partial charge in [0.25, 0.3) is 0 Å². The number of ether oxygens (including phenoxy) is 2. The SMILES string of the molecule is CCOC(C)(C)C(N)Cc1cccc(OC)c1. The van der Waals surface area contributed by atoms with Crippen LogP contribution in [-0.2, 0) is 11.2 Å². The van der Waals surface area contributed by atoms with E-state index in [-0.39, 0.29) is 11.6 Å². The Morgan fingerprint density at radius 2 is 2.06 bits per heavy atom. The molecule has 0 spiro atoms. The highest BCUT2D eigenvalue weighted by molar-refractivity contribution is 5.29. The monoisotopic (exact) mass is 237 g/mol. The zero-order valence-electron chi connectivity index (χ0n) is 11.2. The van der Waals surface area contributed by atoms with Crippen LogP contribution in [0.15, 0.2) is 24.3 Å². The maximum absolute atomic E-state index is 6.20. The van der Waals surface area contributed by atoms with Gasteiger partial charge in [-0.2, -0.15) is 0 Å². The average Bonchev–Trinajstić information content (AvgIpc) is 2.29. The van der Waals surface area contributed by atoms with Crippen molar-refractivity contribution in [3.8, 4) is 5.75 Å². The molecule has 2 N–H and O–H groups in total. The van der Waals surface area contributed by atoms with Crippen molar-refractivity contribution in [1.29, 1.82) is 0 Å². The summed E-state index contributed by atoms with van der Waals surface area (Å²) >= 11 is 0. The van der Waals surface area contributed by atoms with Crippen molar-refractivity contribution in [3.05, 3.63) is 29.8 Å². The zero-order chi connectivity index (χ0) is 12.9. The Hall–Kier alpha value is -1.06. The third-order valence-electron chi connectivity index (χ3n) is 3.00. The molecule has 0 amide bonds. The van der Waals surface area contributed by atoms with E-state index in [1.165, 1.54) is 5.56 Å². The molecule has 1 atom stereocenters. The number of methoxy groups -OCH3 is 1. The molecule has 0 aromatic heterocycles. The molecule has 0 aliphatic carbocycles. The lowest BCUT2D eigenvalue weighted by molar-refractivity contribution is -0.0288. The van der Waals surface area contributed by atoms with Crippen LogP contribution in [0.25, 0.3) is 0 Å². The quantitative estimate of drug-likeness (QED) is 0.826. The molecule has 0 heterocycles. The van der Waals surface area contributed by atoms with Crippen molar-refractivity contribution < 1.29 is 9.47 Å². The smallest absolute Gasteiger partial charge is 0.119 e. The molecule has 1 rings (SSSR count). The molecule has 1 unspecified atom stereocenters. The molecule has 96 valence electrons. The zero-order valence-corrected chi connectivity index (χ0v) is 11.2. The molecular weight excluding hydrogens is 214 g/mol. The van der Waals surface area contributed by atoms with Gasteiger partial charge in [-0.05, 0) is 44.9 Å². The van der Waals surface area contributed by atoms with Crippen molar-refractivity contribution in [1.82, 2.24) is 0 Å². The van der Waals surface area contributed by atoms with Crippen molar-refractivity contribution in [2.24, 2.45) is 5.73 Å². The normalized spacial score (nSPS) is 13.5. The molecule has 0 radical (unpaired) electrons. The maximum Gasteiger partial charge on any atom is 0.119 e. The second-order valence-corrected chi connectivity index (χ2v) is 4.70. The number of hydrogen-bond donors (Lipinski definition) is 1. The first-order chi connectivity index (χ1) is 7.99. The fourth-order valence-electron chi connectivity index (χ4n) is 1.78. The summed E-state index contributed by atoms with van der Waals surface area (Å²) in [6.45, 7) is 6.72. The van der Waals surface area contributed by atoms with Crippen LogP contribution in [0, 0.1) is 0 Å². The molecule has 0 bridgehead atoms. The highest BCUT2D eigenvalue weighted by atomic mass is 16.5. The summed E-state index contributed by atoms with van der Waals surface area (Å²) in [5.41, 5.74) is 7.06. The summed E-state index contributed by atoms with van der Waals surface area (Å²) in [5, 5.41) is 0. The van der Waals surface area contributed by atoms with E-state index in [1.54, 1.807) is 7.11 Å². The predicted molar refractivity (Wildman–Crippen MR) is 70.4 cm³/mol. The lowest BCUT2D eigenvalue weighted by Gasteiger charge is -2.31. The molecule has 0 fully saturated rings. The van der Waals surface area contributed by atoms with Crippen LogP contribution in [0.4, 0.5) is 0 Å². The maximum atomic E-state index is 6.20. The van der Waals surface area contributed by atoms with E-state index < -0.39 is 0 Å². The van der Waals surface area contributed by atoms with Gasteiger partial charge in [0.2, 0.25) is 0 Å². The summed E-state index contributed by atoms with van der Waals surface area (Å²) in [7, 11) is 1.67. The van der Waals surface area contributed by atoms with Gasteiger partial charge in [-0.15, -0.1) is 0 Å². The highest BCUT2D eigenvalue weighted by Gasteiger charge is 2.26. The van der Waals surface area contributed by atoms with Gasteiger partial charge < -0.3 is 15.2 Å². The van der Waals surface area contributed by atoms with Crippen LogP contribution in [0.1, 0.15) is 26.3 Å². The molecule has 0 saturated heterocycles. The van der Waals surface area contributed by atoms with Crippen LogP contribution in [0.5, 0.6) is 5.75 Å². The average molecular weight is 237 g/mol. The standard InChI is InChI=1S/C14H23NO2/c1-5-17-14(2,3)13(15)10-11-7-6-8-12(9-11)16-4/h6-9,13H,5,10,15H2,1-4H3. The largest absolute Gasteiger partial charge is 0.497 e. The van der Waals surface area contributed by atoms with Crippen LogP contribution in [0.3, 0.4) is 0 Å². The van der Waals surface area contributed by atoms with Crippen LogP contribution >= 0.6 is 0 Å². The molecular formula is C14H23NO2. The van der Waals surface area contributed by atoms with Crippen LogP contribution < -0.4 is 10.5 Å². The van der Waals surface area contributed by atoms with Gasteiger partial charge in [0.1, 0.15) is 5.75 Å². The minimum atomic E-state index is -0.308. The number of hydrogen-bond acceptors (Lipinski definition) is 3. The van der Waals surface area contributed by atoms with Crippen molar-refractivity contribution >= 4 is 0 Å². The molecule has 1 aromatic carbocycles. The van der Waals surface area contributed by atoms with Crippen LogP contribution in [-0.4, -0.2) is 25.4 Å². The van der Waals surface area contributed by atoms with Gasteiger partial charge >= 0.3 is 0 Å². The van der Waals surface area contributed by atoms with E-state index in [9.17, 15) is 0 Å². The number of benzene rings is 1. The molecule has 3 heteroatoms. The molecule has 0 aliphatic heterocycles. The highest BCUT2D eigenvalue weighted by Crippen LogP contribution is 2.19. The second-order valence-electron chi connectivity index (χ2n) is 4.70. The third kappa shape index (κ3) is 4.02. The predicted octanol–water partition coefficient (Wildman–Crippen LogP) is 2.38. The summed E-state index contributed by atoms with van der Waals surface area (Å²) in [5.74, 6) is 0.865. The molecule has 17 heavy (non-hydrogen) atoms. The lowest BCUT2D eigenvalue weighted by Crippen LogP contribution is -2.46. The van der Waals surface area contributed by atoms with Gasteiger partial charge in [0.15, 0.2) is 0 Å². The summed E-state index contributed by atoms with van der Waals surface area (Å²) in [6, 6.07) is 7.96. The second kappa shape index (κ2) is 6.03. The minimum Gasteiger partial charge on any atom is -0.497 e. The van der Waals surface area contributed by atoms with Crippen molar-refractivity contribution in [2.75, 3.05) is 13.7 Å². The van der Waals surface area contributed by atoms with E-state index in [0.717, 1.165) is 12.2 Å². The van der Waals surface area contributed by atoms with Crippen molar-refractivity contribution in [3.63, 3.8) is 0 Å². The summed E-state index contributed by atoms with van der Waals surface area (Å²) in [4.78, 5) is 0. The Kier molecular flexibility index (Phi) is 4.97. The first-order valence-corrected chi connectivity index (χ1v) is 6.02. The Morgan fingerprint density at radius 3 is 2.65 bits per heavy atom. The van der Waals surface area contributed by atoms with E-state index in [2.05, 4.69) is 6.07 Å². The van der Waals surface area contributed by atoms with Crippen molar-refractivity contribution in [2.45, 2.75) is 38.8 Å². The molecule has 3 nitrogen and oxygen atoms in total. The topological polar surface area (TPSA) is 44.5 Å². The lowest BCUT2D eigenvalue weighted by atomic mass is 9.93. The Balaban J connectivity index is 2.69. The van der Waals surface area contributed by atoms with Crippen LogP contribution in [0.2, 0.25) is 0 Å². The Labute approximate surface area is 104 Å². The van der Waals surface area contributed by atoms with E-state index in [4.69, 9.17) is 15.2 Å². The third-order valence-corrected chi connectivity index (χ3v) is 3.00. The molecule has 1 aromatic rings. The van der Waals surface area contributed by atoms with Gasteiger partial charge in [-0.1, -0.05) is 12.1 Å². The number of rotatable bonds is 6.